The predicted molar refractivity (Wildman–Crippen MR) is 104 cm³/mol. The first kappa shape index (κ1) is 17.3. The van der Waals surface area contributed by atoms with Gasteiger partial charge in [0.15, 0.2) is 0 Å². The molecule has 27 heavy (non-hydrogen) atoms. The van der Waals surface area contributed by atoms with E-state index in [4.69, 9.17) is 4.74 Å². The molecule has 0 aliphatic carbocycles. The summed E-state index contributed by atoms with van der Waals surface area (Å²) < 4.78 is 5.74. The van der Waals surface area contributed by atoms with Crippen molar-refractivity contribution in [1.82, 2.24) is 4.98 Å². The van der Waals surface area contributed by atoms with Crippen molar-refractivity contribution in [2.45, 2.75) is 20.0 Å². The number of para-hydroxylation sites is 1. The lowest BCUT2D eigenvalue weighted by atomic mass is 10.1. The quantitative estimate of drug-likeness (QED) is 0.688. The van der Waals surface area contributed by atoms with Gasteiger partial charge in [-0.05, 0) is 43.2 Å². The second-order valence-corrected chi connectivity index (χ2v) is 7.33. The monoisotopic (exact) mass is 375 g/mol. The van der Waals surface area contributed by atoms with E-state index in [2.05, 4.69) is 11.1 Å². The number of aryl methyl sites for hydroxylation is 1. The second-order valence-electron chi connectivity index (χ2n) is 6.25. The highest BCUT2D eigenvalue weighted by Crippen LogP contribution is 2.33. The first-order valence-corrected chi connectivity index (χ1v) is 9.47. The SMILES string of the molecule is Cc1nc(COc2ccccc2)sc1C(=O)N1CCc2c(C#N)cccc21. The molecular formula is C21H17N3O2S. The van der Waals surface area contributed by atoms with Crippen LogP contribution in [0.25, 0.3) is 0 Å². The average Bonchev–Trinajstić information content (AvgIpc) is 3.30. The molecule has 1 aliphatic heterocycles. The Bertz CT molecular complexity index is 1040. The number of nitriles is 1. The topological polar surface area (TPSA) is 66.2 Å². The van der Waals surface area contributed by atoms with Crippen molar-refractivity contribution in [2.75, 3.05) is 11.4 Å². The zero-order valence-corrected chi connectivity index (χ0v) is 15.6. The van der Waals surface area contributed by atoms with Gasteiger partial charge in [0.2, 0.25) is 0 Å². The molecule has 5 nitrogen and oxygen atoms in total. The molecule has 0 N–H and O–H groups in total. The number of benzene rings is 2. The van der Waals surface area contributed by atoms with Crippen molar-refractivity contribution in [2.24, 2.45) is 0 Å². The fourth-order valence-corrected chi connectivity index (χ4v) is 4.17. The molecule has 0 unspecified atom stereocenters. The van der Waals surface area contributed by atoms with Crippen molar-refractivity contribution in [3.8, 4) is 11.8 Å². The van der Waals surface area contributed by atoms with Gasteiger partial charge < -0.3 is 9.64 Å². The molecule has 0 saturated carbocycles. The zero-order chi connectivity index (χ0) is 18.8. The summed E-state index contributed by atoms with van der Waals surface area (Å²) in [5.74, 6) is 0.709. The second kappa shape index (κ2) is 7.22. The van der Waals surface area contributed by atoms with Gasteiger partial charge in [0.25, 0.3) is 5.91 Å². The Hall–Kier alpha value is -3.17. The maximum absolute atomic E-state index is 13.1. The number of aromatic nitrogens is 1. The van der Waals surface area contributed by atoms with Gasteiger partial charge in [-0.2, -0.15) is 5.26 Å². The molecule has 3 aromatic rings. The van der Waals surface area contributed by atoms with Crippen molar-refractivity contribution in [1.29, 1.82) is 5.26 Å². The van der Waals surface area contributed by atoms with Crippen LogP contribution in [-0.2, 0) is 13.0 Å². The van der Waals surface area contributed by atoms with Gasteiger partial charge in [0, 0.05) is 12.2 Å². The molecule has 0 bridgehead atoms. The third kappa shape index (κ3) is 3.29. The molecular weight excluding hydrogens is 358 g/mol. The van der Waals surface area contributed by atoms with E-state index < -0.39 is 0 Å². The normalized spacial score (nSPS) is 12.5. The molecule has 1 aliphatic rings. The first-order valence-electron chi connectivity index (χ1n) is 8.65. The summed E-state index contributed by atoms with van der Waals surface area (Å²) in [5, 5.41) is 10.0. The highest BCUT2D eigenvalue weighted by Gasteiger charge is 2.29. The van der Waals surface area contributed by atoms with Crippen LogP contribution >= 0.6 is 11.3 Å². The molecule has 0 saturated heterocycles. The lowest BCUT2D eigenvalue weighted by Crippen LogP contribution is -2.28. The maximum Gasteiger partial charge on any atom is 0.270 e. The van der Waals surface area contributed by atoms with Crippen molar-refractivity contribution >= 4 is 22.9 Å². The van der Waals surface area contributed by atoms with Crippen LogP contribution in [0.1, 0.15) is 31.5 Å². The molecule has 4 rings (SSSR count). The smallest absolute Gasteiger partial charge is 0.270 e. The van der Waals surface area contributed by atoms with E-state index in [9.17, 15) is 10.1 Å². The van der Waals surface area contributed by atoms with Crippen LogP contribution in [0.15, 0.2) is 48.5 Å². The van der Waals surface area contributed by atoms with E-state index in [0.29, 0.717) is 35.7 Å². The Labute approximate surface area is 161 Å². The van der Waals surface area contributed by atoms with E-state index in [-0.39, 0.29) is 5.91 Å². The number of ether oxygens (including phenoxy) is 1. The first-order chi connectivity index (χ1) is 13.2. The van der Waals surface area contributed by atoms with Crippen molar-refractivity contribution < 1.29 is 9.53 Å². The summed E-state index contributed by atoms with van der Waals surface area (Å²) in [7, 11) is 0. The van der Waals surface area contributed by atoms with Crippen LogP contribution < -0.4 is 9.64 Å². The fourth-order valence-electron chi connectivity index (χ4n) is 3.25. The summed E-state index contributed by atoms with van der Waals surface area (Å²) in [6.07, 6.45) is 0.701. The van der Waals surface area contributed by atoms with Crippen molar-refractivity contribution in [3.63, 3.8) is 0 Å². The molecule has 1 amide bonds. The summed E-state index contributed by atoms with van der Waals surface area (Å²) >= 11 is 1.37. The number of hydrogen-bond donors (Lipinski definition) is 0. The number of fused-ring (bicyclic) bond motifs is 1. The van der Waals surface area contributed by atoms with Gasteiger partial charge >= 0.3 is 0 Å². The van der Waals surface area contributed by atoms with Crippen LogP contribution in [0.3, 0.4) is 0 Å². The highest BCUT2D eigenvalue weighted by atomic mass is 32.1. The Morgan fingerprint density at radius 1 is 1.26 bits per heavy atom. The van der Waals surface area contributed by atoms with Crippen LogP contribution in [0.5, 0.6) is 5.75 Å². The van der Waals surface area contributed by atoms with Gasteiger partial charge in [-0.25, -0.2) is 4.98 Å². The number of carbonyl (C=O) groups is 1. The van der Waals surface area contributed by atoms with Gasteiger partial charge in [0.1, 0.15) is 22.2 Å². The van der Waals surface area contributed by atoms with E-state index >= 15 is 0 Å². The Morgan fingerprint density at radius 2 is 2.07 bits per heavy atom. The maximum atomic E-state index is 13.1. The van der Waals surface area contributed by atoms with Gasteiger partial charge in [-0.3, -0.25) is 4.79 Å². The summed E-state index contributed by atoms with van der Waals surface area (Å²) in [6, 6.07) is 17.3. The number of rotatable bonds is 4. The number of nitrogens with zero attached hydrogens (tertiary/aromatic N) is 3. The lowest BCUT2D eigenvalue weighted by Gasteiger charge is -2.16. The van der Waals surface area contributed by atoms with E-state index in [0.717, 1.165) is 22.0 Å². The lowest BCUT2D eigenvalue weighted by molar-refractivity contribution is 0.0992. The number of thiazole rings is 1. The molecule has 0 fully saturated rings. The minimum absolute atomic E-state index is 0.0650. The van der Waals surface area contributed by atoms with E-state index in [1.54, 1.807) is 11.0 Å². The minimum atomic E-state index is -0.0650. The van der Waals surface area contributed by atoms with Gasteiger partial charge in [-0.1, -0.05) is 24.3 Å². The van der Waals surface area contributed by atoms with Crippen LogP contribution in [0.2, 0.25) is 0 Å². The van der Waals surface area contributed by atoms with Crippen molar-refractivity contribution in [3.05, 3.63) is 75.2 Å². The molecule has 1 aromatic heterocycles. The highest BCUT2D eigenvalue weighted by molar-refractivity contribution is 7.13. The molecule has 0 atom stereocenters. The number of hydrogen-bond acceptors (Lipinski definition) is 5. The molecule has 0 spiro atoms. The number of carbonyl (C=O) groups excluding carboxylic acids is 1. The Morgan fingerprint density at radius 3 is 2.85 bits per heavy atom. The van der Waals surface area contributed by atoms with E-state index in [1.807, 2.05) is 49.4 Å². The largest absolute Gasteiger partial charge is 0.486 e. The standard InChI is InChI=1S/C21H17N3O2S/c1-14-20(27-19(23-14)13-26-16-7-3-2-4-8-16)21(25)24-11-10-17-15(12-22)6-5-9-18(17)24/h2-9H,10-11,13H2,1H3. The molecule has 0 radical (unpaired) electrons. The molecule has 2 aromatic carbocycles. The Balaban J connectivity index is 1.54. The van der Waals surface area contributed by atoms with E-state index in [1.165, 1.54) is 11.3 Å². The average molecular weight is 375 g/mol. The van der Waals surface area contributed by atoms with Gasteiger partial charge in [0.05, 0.1) is 17.3 Å². The predicted octanol–water partition coefficient (Wildman–Crippen LogP) is 4.11. The van der Waals surface area contributed by atoms with Crippen LogP contribution in [0.4, 0.5) is 5.69 Å². The fraction of sp³-hybridized carbons (Fsp3) is 0.190. The summed E-state index contributed by atoms with van der Waals surface area (Å²) in [6.45, 7) is 2.76. The number of anilines is 1. The molecule has 6 heteroatoms. The third-order valence-corrected chi connectivity index (χ3v) is 5.65. The third-order valence-electron chi connectivity index (χ3n) is 4.53. The minimum Gasteiger partial charge on any atom is -0.486 e. The molecule has 134 valence electrons. The van der Waals surface area contributed by atoms with Gasteiger partial charge in [-0.15, -0.1) is 11.3 Å². The summed E-state index contributed by atoms with van der Waals surface area (Å²) in [5.41, 5.74) is 3.12. The Kier molecular flexibility index (Phi) is 4.61. The van der Waals surface area contributed by atoms with Crippen LogP contribution in [0, 0.1) is 18.3 Å². The zero-order valence-electron chi connectivity index (χ0n) is 14.8. The number of amides is 1. The molecule has 2 heterocycles. The summed E-state index contributed by atoms with van der Waals surface area (Å²) in [4.78, 5) is 20.0. The van der Waals surface area contributed by atoms with Crippen LogP contribution in [-0.4, -0.2) is 17.4 Å².